The van der Waals surface area contributed by atoms with Gasteiger partial charge in [0.05, 0.1) is 0 Å². The Balaban J connectivity index is 2.83. The van der Waals surface area contributed by atoms with Gasteiger partial charge >= 0.3 is 0 Å². The number of rotatable bonds is 1. The van der Waals surface area contributed by atoms with Crippen molar-refractivity contribution in [1.82, 2.24) is 0 Å². The Morgan fingerprint density at radius 2 is 2.50 bits per heavy atom. The van der Waals surface area contributed by atoms with Crippen molar-refractivity contribution in [2.24, 2.45) is 0 Å². The summed E-state index contributed by atoms with van der Waals surface area (Å²) in [7, 11) is 0. The lowest BCUT2D eigenvalue weighted by Crippen LogP contribution is -1.75. The van der Waals surface area contributed by atoms with Crippen LogP contribution in [0.1, 0.15) is 12.5 Å². The predicted molar refractivity (Wildman–Crippen MR) is 32.3 cm³/mol. The van der Waals surface area contributed by atoms with Crippen LogP contribution in [0.2, 0.25) is 0 Å². The van der Waals surface area contributed by atoms with Crippen molar-refractivity contribution >= 4 is 0 Å². The van der Waals surface area contributed by atoms with Gasteiger partial charge in [-0.2, -0.15) is 0 Å². The second-order valence-electron chi connectivity index (χ2n) is 1.61. The molecule has 0 saturated carbocycles. The van der Waals surface area contributed by atoms with E-state index < -0.39 is 0 Å². The maximum absolute atomic E-state index is 2.94. The molecule has 0 bridgehead atoms. The van der Waals surface area contributed by atoms with Gasteiger partial charge in [-0.1, -0.05) is 19.1 Å². The van der Waals surface area contributed by atoms with Gasteiger partial charge in [-0.15, -0.1) is 0 Å². The molecular weight excluding hydrogens is 96.1 g/mol. The molecule has 39 valence electrons. The summed E-state index contributed by atoms with van der Waals surface area (Å²) in [5, 5.41) is 0. The summed E-state index contributed by atoms with van der Waals surface area (Å²) < 4.78 is 0. The molecule has 0 aromatic heterocycles. The second kappa shape index (κ2) is 2.51. The zero-order valence-electron chi connectivity index (χ0n) is 4.86. The molecule has 1 aromatic carbocycles. The van der Waals surface area contributed by atoms with Gasteiger partial charge in [-0.3, -0.25) is 0 Å². The van der Waals surface area contributed by atoms with E-state index in [1.54, 1.807) is 0 Å². The molecule has 0 aliphatic rings. The third kappa shape index (κ3) is 1.09. The van der Waals surface area contributed by atoms with E-state index in [2.05, 4.69) is 25.1 Å². The maximum atomic E-state index is 2.94. The van der Waals surface area contributed by atoms with Crippen molar-refractivity contribution in [2.45, 2.75) is 13.3 Å². The van der Waals surface area contributed by atoms with Gasteiger partial charge in [0, 0.05) is 0 Å². The zero-order valence-corrected chi connectivity index (χ0v) is 4.86. The molecule has 0 N–H and O–H groups in total. The summed E-state index contributed by atoms with van der Waals surface area (Å²) in [5.74, 6) is 0. The van der Waals surface area contributed by atoms with Gasteiger partial charge in [-0.05, 0) is 30.2 Å². The first kappa shape index (κ1) is 5.36. The largest absolute Gasteiger partial charge is 0.0613 e. The molecule has 1 rings (SSSR count). The highest BCUT2D eigenvalue weighted by Gasteiger charge is 1.81. The average molecular weight is 103 g/mol. The van der Waals surface area contributed by atoms with Crippen molar-refractivity contribution in [2.75, 3.05) is 0 Å². The third-order valence-electron chi connectivity index (χ3n) is 1.04. The highest BCUT2D eigenvalue weighted by molar-refractivity contribution is 5.10. The van der Waals surface area contributed by atoms with Gasteiger partial charge in [0.1, 0.15) is 0 Å². The molecule has 8 heavy (non-hydrogen) atoms. The molecule has 0 spiro atoms. The zero-order chi connectivity index (χ0) is 5.82. The van der Waals surface area contributed by atoms with E-state index in [0.717, 1.165) is 6.42 Å². The number of hydrogen-bond acceptors (Lipinski definition) is 0. The molecule has 0 unspecified atom stereocenters. The summed E-state index contributed by atoms with van der Waals surface area (Å²) in [6.07, 6.45) is 1.03. The monoisotopic (exact) mass is 103 g/mol. The Hall–Kier alpha value is -0.780. The van der Waals surface area contributed by atoms with Crippen LogP contribution in [0.15, 0.2) is 12.1 Å². The standard InChI is InChI=1S/C8H7/c1-2-8-6-4-3-5-7-8/h4,6H,2H2,1H3. The maximum Gasteiger partial charge on any atom is -0.00109 e. The lowest BCUT2D eigenvalue weighted by Gasteiger charge is -1.87. The molecule has 0 saturated heterocycles. The second-order valence-corrected chi connectivity index (χ2v) is 1.61. The van der Waals surface area contributed by atoms with E-state index >= 15 is 0 Å². The number of hydrogen-bond donors (Lipinski definition) is 0. The normalized spacial score (nSPS) is 9.12. The highest BCUT2D eigenvalue weighted by Crippen LogP contribution is 1.94. The fraction of sp³-hybridized carbons (Fsp3) is 0.250. The Morgan fingerprint density at radius 3 is 2.88 bits per heavy atom. The van der Waals surface area contributed by atoms with Gasteiger partial charge in [0.25, 0.3) is 0 Å². The molecule has 0 heterocycles. The van der Waals surface area contributed by atoms with Gasteiger partial charge < -0.3 is 0 Å². The van der Waals surface area contributed by atoms with Crippen molar-refractivity contribution < 1.29 is 0 Å². The van der Waals surface area contributed by atoms with E-state index in [-0.39, 0.29) is 0 Å². The Morgan fingerprint density at radius 1 is 1.62 bits per heavy atom. The van der Waals surface area contributed by atoms with E-state index in [1.807, 2.05) is 12.1 Å². The summed E-state index contributed by atoms with van der Waals surface area (Å²) >= 11 is 0. The lowest BCUT2D eigenvalue weighted by atomic mass is 10.2. The Labute approximate surface area is 50.2 Å². The van der Waals surface area contributed by atoms with E-state index in [4.69, 9.17) is 0 Å². The molecule has 0 fully saturated rings. The van der Waals surface area contributed by atoms with Crippen LogP contribution in [0.25, 0.3) is 0 Å². The van der Waals surface area contributed by atoms with Crippen LogP contribution in [0.4, 0.5) is 0 Å². The summed E-state index contributed by atoms with van der Waals surface area (Å²) in [6.45, 7) is 2.10. The minimum Gasteiger partial charge on any atom is -0.0613 e. The quantitative estimate of drug-likeness (QED) is 0.507. The minimum absolute atomic E-state index is 1.03. The van der Waals surface area contributed by atoms with Crippen LogP contribution >= 0.6 is 0 Å². The molecule has 0 heteroatoms. The Kier molecular flexibility index (Phi) is 1.68. The first-order chi connectivity index (χ1) is 3.93. The van der Waals surface area contributed by atoms with Crippen LogP contribution < -0.4 is 0 Å². The Bertz CT molecular complexity index is 141. The van der Waals surface area contributed by atoms with Crippen LogP contribution in [-0.2, 0) is 6.42 Å². The first-order valence-electron chi connectivity index (χ1n) is 2.72. The molecule has 0 nitrogen and oxygen atoms in total. The van der Waals surface area contributed by atoms with Crippen molar-refractivity contribution in [3.8, 4) is 0 Å². The molecule has 3 radical (unpaired) electrons. The summed E-state index contributed by atoms with van der Waals surface area (Å²) in [4.78, 5) is 0. The fourth-order valence-corrected chi connectivity index (χ4v) is 0.548. The van der Waals surface area contributed by atoms with E-state index in [1.165, 1.54) is 5.56 Å². The topological polar surface area (TPSA) is 0 Å². The summed E-state index contributed by atoms with van der Waals surface area (Å²) in [6, 6.07) is 12.3. The van der Waals surface area contributed by atoms with Crippen LogP contribution in [-0.4, -0.2) is 0 Å². The van der Waals surface area contributed by atoms with Crippen LogP contribution in [0.3, 0.4) is 0 Å². The summed E-state index contributed by atoms with van der Waals surface area (Å²) in [5.41, 5.74) is 1.20. The number of benzene rings is 1. The molecule has 0 atom stereocenters. The van der Waals surface area contributed by atoms with Gasteiger partial charge in [0.2, 0.25) is 0 Å². The molecule has 1 aromatic rings. The molecule has 0 aliphatic carbocycles. The predicted octanol–water partition coefficient (Wildman–Crippen LogP) is 1.65. The van der Waals surface area contributed by atoms with Crippen LogP contribution in [0, 0.1) is 18.2 Å². The average Bonchev–Trinajstić information content (AvgIpc) is 1.90. The third-order valence-corrected chi connectivity index (χ3v) is 1.04. The number of aryl methyl sites for hydroxylation is 1. The first-order valence-corrected chi connectivity index (χ1v) is 2.72. The van der Waals surface area contributed by atoms with Crippen molar-refractivity contribution in [3.63, 3.8) is 0 Å². The van der Waals surface area contributed by atoms with Crippen molar-refractivity contribution in [3.05, 3.63) is 35.9 Å². The van der Waals surface area contributed by atoms with Crippen molar-refractivity contribution in [1.29, 1.82) is 0 Å². The van der Waals surface area contributed by atoms with Gasteiger partial charge in [0.15, 0.2) is 0 Å². The van der Waals surface area contributed by atoms with E-state index in [0.29, 0.717) is 0 Å². The SMILES string of the molecule is CCc1[c][c][c]cc1. The smallest absolute Gasteiger partial charge is 0.00109 e. The molecular formula is C8H7. The van der Waals surface area contributed by atoms with Crippen LogP contribution in [0.5, 0.6) is 0 Å². The highest BCUT2D eigenvalue weighted by atomic mass is 13.9. The van der Waals surface area contributed by atoms with Gasteiger partial charge in [-0.25, -0.2) is 0 Å². The molecule has 0 aliphatic heterocycles. The van der Waals surface area contributed by atoms with E-state index in [9.17, 15) is 0 Å². The minimum atomic E-state index is 1.03. The lowest BCUT2D eigenvalue weighted by molar-refractivity contribution is 1.13. The fourth-order valence-electron chi connectivity index (χ4n) is 0.548. The molecule has 0 amide bonds.